The molecule has 1 amide bonds. The minimum Gasteiger partial charge on any atom is -0.444 e. The molecule has 5 nitrogen and oxygen atoms in total. The number of hydrogen-bond acceptors (Lipinski definition) is 4. The summed E-state index contributed by atoms with van der Waals surface area (Å²) in [5, 5.41) is 14.8. The highest BCUT2D eigenvalue weighted by Gasteiger charge is 2.16. The van der Waals surface area contributed by atoms with Gasteiger partial charge in [0.05, 0.1) is 6.10 Å². The van der Waals surface area contributed by atoms with Gasteiger partial charge in [-0.15, -0.1) is 0 Å². The Morgan fingerprint density at radius 2 is 2.07 bits per heavy atom. The van der Waals surface area contributed by atoms with E-state index in [2.05, 4.69) is 10.6 Å². The summed E-state index contributed by atoms with van der Waals surface area (Å²) in [7, 11) is 1.81. The number of carbonyl (C=O) groups is 1. The van der Waals surface area contributed by atoms with Gasteiger partial charge in [0.1, 0.15) is 5.60 Å². The van der Waals surface area contributed by atoms with Crippen LogP contribution in [-0.2, 0) is 4.74 Å². The van der Waals surface area contributed by atoms with Crippen LogP contribution in [0.2, 0.25) is 0 Å². The fourth-order valence-corrected chi connectivity index (χ4v) is 0.928. The number of nitrogens with one attached hydrogen (secondary N) is 2. The zero-order valence-electron chi connectivity index (χ0n) is 9.96. The molecule has 0 saturated carbocycles. The highest BCUT2D eigenvalue weighted by Crippen LogP contribution is 2.06. The molecule has 0 aliphatic carbocycles. The third kappa shape index (κ3) is 9.49. The van der Waals surface area contributed by atoms with E-state index in [-0.39, 0.29) is 6.54 Å². The molecular formula is C10H22N2O3. The third-order valence-electron chi connectivity index (χ3n) is 1.61. The van der Waals surface area contributed by atoms with Crippen LogP contribution in [0.15, 0.2) is 0 Å². The van der Waals surface area contributed by atoms with Crippen molar-refractivity contribution < 1.29 is 14.6 Å². The van der Waals surface area contributed by atoms with Crippen molar-refractivity contribution in [1.29, 1.82) is 0 Å². The lowest BCUT2D eigenvalue weighted by molar-refractivity contribution is 0.0489. The topological polar surface area (TPSA) is 70.6 Å². The summed E-state index contributed by atoms with van der Waals surface area (Å²) >= 11 is 0. The normalized spacial score (nSPS) is 13.4. The molecule has 0 radical (unpaired) electrons. The van der Waals surface area contributed by atoms with Crippen molar-refractivity contribution in [3.63, 3.8) is 0 Å². The van der Waals surface area contributed by atoms with Crippen molar-refractivity contribution in [2.24, 2.45) is 0 Å². The van der Waals surface area contributed by atoms with Crippen LogP contribution in [0.4, 0.5) is 4.79 Å². The summed E-state index contributed by atoms with van der Waals surface area (Å²) in [5.41, 5.74) is -0.500. The molecule has 5 heteroatoms. The lowest BCUT2D eigenvalue weighted by Crippen LogP contribution is -2.37. The van der Waals surface area contributed by atoms with Crippen molar-refractivity contribution in [3.8, 4) is 0 Å². The molecule has 0 spiro atoms. The van der Waals surface area contributed by atoms with E-state index in [0.29, 0.717) is 6.42 Å². The molecule has 1 unspecified atom stereocenters. The third-order valence-corrected chi connectivity index (χ3v) is 1.61. The van der Waals surface area contributed by atoms with Crippen LogP contribution in [0, 0.1) is 0 Å². The average Bonchev–Trinajstić information content (AvgIpc) is 2.08. The van der Waals surface area contributed by atoms with E-state index in [9.17, 15) is 9.90 Å². The summed E-state index contributed by atoms with van der Waals surface area (Å²) in [6.07, 6.45) is -0.428. The molecule has 90 valence electrons. The minimum absolute atomic E-state index is 0.219. The van der Waals surface area contributed by atoms with E-state index in [1.54, 1.807) is 20.8 Å². The molecule has 0 rings (SSSR count). The average molecular weight is 218 g/mol. The Kier molecular flexibility index (Phi) is 6.27. The molecule has 0 fully saturated rings. The van der Waals surface area contributed by atoms with Gasteiger partial charge < -0.3 is 20.5 Å². The smallest absolute Gasteiger partial charge is 0.407 e. The first-order valence-corrected chi connectivity index (χ1v) is 5.14. The number of rotatable bonds is 5. The molecule has 0 bridgehead atoms. The summed E-state index contributed by atoms with van der Waals surface area (Å²) in [6, 6.07) is 0. The number of amides is 1. The standard InChI is InChI=1S/C10H22N2O3/c1-10(2,3)15-9(14)12-7-8(13)5-6-11-4/h8,11,13H,5-7H2,1-4H3,(H,12,14). The van der Waals surface area contributed by atoms with Crippen molar-refractivity contribution >= 4 is 6.09 Å². The van der Waals surface area contributed by atoms with Gasteiger partial charge >= 0.3 is 6.09 Å². The number of hydrogen-bond donors (Lipinski definition) is 3. The number of alkyl carbamates (subject to hydrolysis) is 1. The predicted octanol–water partition coefficient (Wildman–Crippen LogP) is 0.481. The number of ether oxygens (including phenoxy) is 1. The second kappa shape index (κ2) is 6.63. The molecule has 0 heterocycles. The maximum atomic E-state index is 11.2. The molecule has 0 aromatic carbocycles. The zero-order valence-corrected chi connectivity index (χ0v) is 9.96. The van der Waals surface area contributed by atoms with Crippen LogP contribution in [0.3, 0.4) is 0 Å². The van der Waals surface area contributed by atoms with Crippen LogP contribution in [0.25, 0.3) is 0 Å². The van der Waals surface area contributed by atoms with Gasteiger partial charge in [-0.2, -0.15) is 0 Å². The van der Waals surface area contributed by atoms with E-state index in [1.165, 1.54) is 0 Å². The lowest BCUT2D eigenvalue weighted by atomic mass is 10.2. The zero-order chi connectivity index (χ0) is 11.9. The Bertz CT molecular complexity index is 190. The molecule has 0 saturated heterocycles. The first-order valence-electron chi connectivity index (χ1n) is 5.14. The quantitative estimate of drug-likeness (QED) is 0.628. The summed E-state index contributed by atoms with van der Waals surface area (Å²) in [5.74, 6) is 0. The van der Waals surface area contributed by atoms with Gasteiger partial charge in [0.25, 0.3) is 0 Å². The second-order valence-corrected chi connectivity index (χ2v) is 4.43. The fourth-order valence-electron chi connectivity index (χ4n) is 0.928. The highest BCUT2D eigenvalue weighted by molar-refractivity contribution is 5.67. The van der Waals surface area contributed by atoms with Gasteiger partial charge in [-0.05, 0) is 40.8 Å². The Labute approximate surface area is 91.2 Å². The van der Waals surface area contributed by atoms with Gasteiger partial charge in [-0.1, -0.05) is 0 Å². The molecule has 0 aromatic rings. The van der Waals surface area contributed by atoms with Crippen LogP contribution >= 0.6 is 0 Å². The fraction of sp³-hybridized carbons (Fsp3) is 0.900. The maximum Gasteiger partial charge on any atom is 0.407 e. The second-order valence-electron chi connectivity index (χ2n) is 4.43. The summed E-state index contributed by atoms with van der Waals surface area (Å²) in [6.45, 7) is 6.33. The molecule has 0 aliphatic rings. The van der Waals surface area contributed by atoms with E-state index >= 15 is 0 Å². The number of carbonyl (C=O) groups excluding carboxylic acids is 1. The Hall–Kier alpha value is -0.810. The SMILES string of the molecule is CNCCC(O)CNC(=O)OC(C)(C)C. The van der Waals surface area contributed by atoms with Gasteiger partial charge in [-0.25, -0.2) is 4.79 Å². The van der Waals surface area contributed by atoms with Crippen molar-refractivity contribution in [2.75, 3.05) is 20.1 Å². The highest BCUT2D eigenvalue weighted by atomic mass is 16.6. The van der Waals surface area contributed by atoms with Crippen molar-refractivity contribution in [2.45, 2.75) is 38.9 Å². The van der Waals surface area contributed by atoms with Crippen LogP contribution in [0.1, 0.15) is 27.2 Å². The lowest BCUT2D eigenvalue weighted by Gasteiger charge is -2.20. The van der Waals surface area contributed by atoms with E-state index in [1.807, 2.05) is 7.05 Å². The molecule has 0 aliphatic heterocycles. The first-order chi connectivity index (χ1) is 6.85. The molecular weight excluding hydrogens is 196 g/mol. The molecule has 0 aromatic heterocycles. The maximum absolute atomic E-state index is 11.2. The van der Waals surface area contributed by atoms with E-state index in [0.717, 1.165) is 6.54 Å². The largest absolute Gasteiger partial charge is 0.444 e. The summed E-state index contributed by atoms with van der Waals surface area (Å²) < 4.78 is 5.02. The predicted molar refractivity (Wildman–Crippen MR) is 58.8 cm³/mol. The van der Waals surface area contributed by atoms with Crippen LogP contribution < -0.4 is 10.6 Å². The Morgan fingerprint density at radius 3 is 2.53 bits per heavy atom. The van der Waals surface area contributed by atoms with Crippen LogP contribution in [0.5, 0.6) is 0 Å². The summed E-state index contributed by atoms with van der Waals surface area (Å²) in [4.78, 5) is 11.2. The number of aliphatic hydroxyl groups excluding tert-OH is 1. The van der Waals surface area contributed by atoms with Gasteiger partial charge in [0, 0.05) is 6.54 Å². The number of aliphatic hydroxyl groups is 1. The van der Waals surface area contributed by atoms with E-state index < -0.39 is 17.8 Å². The molecule has 1 atom stereocenters. The molecule has 3 N–H and O–H groups in total. The minimum atomic E-state index is -0.537. The first kappa shape index (κ1) is 14.2. The van der Waals surface area contributed by atoms with E-state index in [4.69, 9.17) is 4.74 Å². The Morgan fingerprint density at radius 1 is 1.47 bits per heavy atom. The molecule has 15 heavy (non-hydrogen) atoms. The van der Waals surface area contributed by atoms with Gasteiger partial charge in [-0.3, -0.25) is 0 Å². The van der Waals surface area contributed by atoms with Crippen molar-refractivity contribution in [1.82, 2.24) is 10.6 Å². The monoisotopic (exact) mass is 218 g/mol. The van der Waals surface area contributed by atoms with Crippen LogP contribution in [-0.4, -0.2) is 43.0 Å². The van der Waals surface area contributed by atoms with Gasteiger partial charge in [0.15, 0.2) is 0 Å². The van der Waals surface area contributed by atoms with Gasteiger partial charge in [0.2, 0.25) is 0 Å². The van der Waals surface area contributed by atoms with Crippen molar-refractivity contribution in [3.05, 3.63) is 0 Å². The Balaban J connectivity index is 3.62.